The average molecular weight is 254 g/mol. The van der Waals surface area contributed by atoms with Crippen molar-refractivity contribution in [2.45, 2.75) is 19.9 Å². The zero-order valence-electron chi connectivity index (χ0n) is 9.44. The van der Waals surface area contributed by atoms with E-state index in [2.05, 4.69) is 48.9 Å². The van der Waals surface area contributed by atoms with Gasteiger partial charge in [0.25, 0.3) is 0 Å². The third kappa shape index (κ3) is 2.85. The first kappa shape index (κ1) is 13.2. The number of nitrogens with two attached hydrogens (primary N) is 1. The predicted octanol–water partition coefficient (Wildman–Crippen LogP) is 3.83. The van der Waals surface area contributed by atoms with Crippen molar-refractivity contribution < 1.29 is 0 Å². The Morgan fingerprint density at radius 2 is 1.69 bits per heavy atom. The van der Waals surface area contributed by atoms with Crippen LogP contribution < -0.4 is 5.73 Å². The van der Waals surface area contributed by atoms with Gasteiger partial charge in [-0.1, -0.05) is 29.3 Å². The number of thiophene rings is 1. The van der Waals surface area contributed by atoms with E-state index in [0.717, 1.165) is 0 Å². The average Bonchev–Trinajstić information content (AvgIpc) is 2.67. The van der Waals surface area contributed by atoms with Gasteiger partial charge in [0.15, 0.2) is 0 Å². The SMILES string of the molecule is Cc1cc(C)cc([C@@H](N)c2ccsc2)c1.Cl. The lowest BCUT2D eigenvalue weighted by atomic mass is 9.98. The second-order valence-electron chi connectivity index (χ2n) is 3.96. The summed E-state index contributed by atoms with van der Waals surface area (Å²) in [5.41, 5.74) is 11.2. The number of halogens is 1. The van der Waals surface area contributed by atoms with Crippen molar-refractivity contribution in [1.82, 2.24) is 0 Å². The topological polar surface area (TPSA) is 26.0 Å². The molecule has 0 aliphatic carbocycles. The molecule has 3 heteroatoms. The summed E-state index contributed by atoms with van der Waals surface area (Å²) in [5, 5.41) is 4.18. The second-order valence-corrected chi connectivity index (χ2v) is 4.74. The van der Waals surface area contributed by atoms with Crippen LogP contribution in [0.25, 0.3) is 0 Å². The number of hydrogen-bond donors (Lipinski definition) is 1. The van der Waals surface area contributed by atoms with E-state index in [0.29, 0.717) is 0 Å². The van der Waals surface area contributed by atoms with Crippen molar-refractivity contribution in [3.8, 4) is 0 Å². The zero-order chi connectivity index (χ0) is 10.8. The molecule has 1 nitrogen and oxygen atoms in total. The molecule has 0 aliphatic heterocycles. The van der Waals surface area contributed by atoms with Crippen LogP contribution in [0, 0.1) is 13.8 Å². The van der Waals surface area contributed by atoms with Crippen LogP contribution in [0.4, 0.5) is 0 Å². The van der Waals surface area contributed by atoms with Crippen LogP contribution in [0.1, 0.15) is 28.3 Å². The first-order valence-corrected chi connectivity index (χ1v) is 5.97. The highest BCUT2D eigenvalue weighted by molar-refractivity contribution is 7.08. The Morgan fingerprint density at radius 3 is 2.19 bits per heavy atom. The fourth-order valence-corrected chi connectivity index (χ4v) is 2.53. The molecule has 16 heavy (non-hydrogen) atoms. The predicted molar refractivity (Wildman–Crippen MR) is 73.5 cm³/mol. The monoisotopic (exact) mass is 253 g/mol. The zero-order valence-corrected chi connectivity index (χ0v) is 11.1. The minimum Gasteiger partial charge on any atom is -0.320 e. The summed E-state index contributed by atoms with van der Waals surface area (Å²) in [4.78, 5) is 0. The molecule has 0 amide bonds. The van der Waals surface area contributed by atoms with Gasteiger partial charge in [0.05, 0.1) is 6.04 Å². The van der Waals surface area contributed by atoms with Gasteiger partial charge in [0.1, 0.15) is 0 Å². The summed E-state index contributed by atoms with van der Waals surface area (Å²) in [6.45, 7) is 4.22. The van der Waals surface area contributed by atoms with Gasteiger partial charge in [0, 0.05) is 0 Å². The van der Waals surface area contributed by atoms with Crippen LogP contribution in [0.15, 0.2) is 35.0 Å². The number of hydrogen-bond acceptors (Lipinski definition) is 2. The van der Waals surface area contributed by atoms with Crippen LogP contribution >= 0.6 is 23.7 Å². The summed E-state index contributed by atoms with van der Waals surface area (Å²) in [6.07, 6.45) is 0. The van der Waals surface area contributed by atoms with Gasteiger partial charge in [-0.05, 0) is 41.8 Å². The fraction of sp³-hybridized carbons (Fsp3) is 0.231. The molecule has 0 radical (unpaired) electrons. The minimum atomic E-state index is 0. The molecule has 0 saturated heterocycles. The van der Waals surface area contributed by atoms with Crippen molar-refractivity contribution in [1.29, 1.82) is 0 Å². The van der Waals surface area contributed by atoms with Crippen molar-refractivity contribution in [3.05, 3.63) is 57.3 Å². The molecule has 0 saturated carbocycles. The Kier molecular flexibility index (Phi) is 4.54. The Balaban J connectivity index is 0.00000128. The lowest BCUT2D eigenvalue weighted by Crippen LogP contribution is -2.11. The van der Waals surface area contributed by atoms with Gasteiger partial charge in [-0.25, -0.2) is 0 Å². The number of benzene rings is 1. The van der Waals surface area contributed by atoms with Crippen LogP contribution in [-0.2, 0) is 0 Å². The Hall–Kier alpha value is -0.830. The maximum Gasteiger partial charge on any atom is 0.0560 e. The second kappa shape index (κ2) is 5.48. The molecular weight excluding hydrogens is 238 g/mol. The van der Waals surface area contributed by atoms with Crippen molar-refractivity contribution in [2.75, 3.05) is 0 Å². The highest BCUT2D eigenvalue weighted by Crippen LogP contribution is 2.23. The summed E-state index contributed by atoms with van der Waals surface area (Å²) in [5.74, 6) is 0. The lowest BCUT2D eigenvalue weighted by Gasteiger charge is -2.12. The van der Waals surface area contributed by atoms with Crippen LogP contribution in [0.3, 0.4) is 0 Å². The first-order chi connectivity index (χ1) is 7.16. The van der Waals surface area contributed by atoms with E-state index in [1.807, 2.05) is 0 Å². The van der Waals surface area contributed by atoms with Gasteiger partial charge in [-0.3, -0.25) is 0 Å². The quantitative estimate of drug-likeness (QED) is 0.865. The molecule has 0 bridgehead atoms. The van der Waals surface area contributed by atoms with E-state index in [1.165, 1.54) is 22.3 Å². The summed E-state index contributed by atoms with van der Waals surface area (Å²) in [7, 11) is 0. The largest absolute Gasteiger partial charge is 0.320 e. The Bertz CT molecular complexity index is 431. The number of aryl methyl sites for hydroxylation is 2. The Morgan fingerprint density at radius 1 is 1.06 bits per heavy atom. The smallest absolute Gasteiger partial charge is 0.0560 e. The number of rotatable bonds is 2. The maximum absolute atomic E-state index is 6.21. The van der Waals surface area contributed by atoms with Gasteiger partial charge >= 0.3 is 0 Å². The van der Waals surface area contributed by atoms with E-state index in [9.17, 15) is 0 Å². The van der Waals surface area contributed by atoms with E-state index in [4.69, 9.17) is 5.73 Å². The summed E-state index contributed by atoms with van der Waals surface area (Å²) >= 11 is 1.69. The molecule has 1 aromatic carbocycles. The van der Waals surface area contributed by atoms with Crippen molar-refractivity contribution in [2.24, 2.45) is 5.73 Å². The van der Waals surface area contributed by atoms with Crippen molar-refractivity contribution in [3.63, 3.8) is 0 Å². The molecule has 0 fully saturated rings. The normalized spacial score (nSPS) is 11.9. The van der Waals surface area contributed by atoms with E-state index in [1.54, 1.807) is 11.3 Å². The summed E-state index contributed by atoms with van der Waals surface area (Å²) in [6, 6.07) is 8.59. The van der Waals surface area contributed by atoms with Gasteiger partial charge in [-0.15, -0.1) is 12.4 Å². The molecular formula is C13H16ClNS. The van der Waals surface area contributed by atoms with E-state index in [-0.39, 0.29) is 18.4 Å². The van der Waals surface area contributed by atoms with Crippen LogP contribution in [-0.4, -0.2) is 0 Å². The standard InChI is InChI=1S/C13H15NS.ClH/c1-9-5-10(2)7-12(6-9)13(14)11-3-4-15-8-11;/h3-8,13H,14H2,1-2H3;1H/t13-;/m0./s1. The maximum atomic E-state index is 6.21. The molecule has 0 unspecified atom stereocenters. The third-order valence-electron chi connectivity index (χ3n) is 2.51. The summed E-state index contributed by atoms with van der Waals surface area (Å²) < 4.78 is 0. The molecule has 2 N–H and O–H groups in total. The molecule has 2 rings (SSSR count). The van der Waals surface area contributed by atoms with Crippen LogP contribution in [0.2, 0.25) is 0 Å². The van der Waals surface area contributed by atoms with E-state index >= 15 is 0 Å². The third-order valence-corrected chi connectivity index (χ3v) is 3.21. The van der Waals surface area contributed by atoms with Gasteiger partial charge in [0.2, 0.25) is 0 Å². The molecule has 0 spiro atoms. The van der Waals surface area contributed by atoms with Gasteiger partial charge in [-0.2, -0.15) is 11.3 Å². The van der Waals surface area contributed by atoms with Gasteiger partial charge < -0.3 is 5.73 Å². The molecule has 1 atom stereocenters. The molecule has 86 valence electrons. The lowest BCUT2D eigenvalue weighted by molar-refractivity contribution is 0.873. The highest BCUT2D eigenvalue weighted by Gasteiger charge is 2.09. The first-order valence-electron chi connectivity index (χ1n) is 5.02. The van der Waals surface area contributed by atoms with Crippen molar-refractivity contribution >= 4 is 23.7 Å². The highest BCUT2D eigenvalue weighted by atomic mass is 35.5. The van der Waals surface area contributed by atoms with E-state index < -0.39 is 0 Å². The fourth-order valence-electron chi connectivity index (χ4n) is 1.83. The van der Waals surface area contributed by atoms with Crippen LogP contribution in [0.5, 0.6) is 0 Å². The molecule has 0 aliphatic rings. The molecule has 1 aromatic heterocycles. The minimum absolute atomic E-state index is 0. The Labute approximate surface area is 107 Å². The molecule has 2 aromatic rings. The molecule has 1 heterocycles.